The number of nitrogens with one attached hydrogen (secondary N) is 3. The van der Waals surface area contributed by atoms with Gasteiger partial charge in [0.25, 0.3) is 0 Å². The first-order valence-electron chi connectivity index (χ1n) is 9.16. The fraction of sp³-hybridized carbons (Fsp3) is 0.625. The summed E-state index contributed by atoms with van der Waals surface area (Å²) in [7, 11) is 0. The van der Waals surface area contributed by atoms with E-state index < -0.39 is 66.9 Å². The molecule has 0 rings (SSSR count). The van der Waals surface area contributed by atoms with Crippen molar-refractivity contribution in [2.75, 3.05) is 13.1 Å². The Kier molecular flexibility index (Phi) is 12.2. The molecule has 0 aliphatic carbocycles. The Hall–Kier alpha value is -3.46. The zero-order valence-electron chi connectivity index (χ0n) is 16.9. The summed E-state index contributed by atoms with van der Waals surface area (Å²) in [6, 6.07) is -4.22. The first-order chi connectivity index (χ1) is 14.3. The van der Waals surface area contributed by atoms with Crippen LogP contribution in [0.2, 0.25) is 0 Å². The number of rotatable bonds is 14. The van der Waals surface area contributed by atoms with E-state index in [1.165, 1.54) is 6.92 Å². The Labute approximate surface area is 177 Å². The summed E-state index contributed by atoms with van der Waals surface area (Å²) in [6.07, 6.45) is -1.88. The summed E-state index contributed by atoms with van der Waals surface area (Å²) in [5.41, 5.74) is 15.9. The molecule has 0 aliphatic rings. The van der Waals surface area contributed by atoms with Gasteiger partial charge in [-0.3, -0.25) is 29.0 Å². The van der Waals surface area contributed by atoms with Crippen molar-refractivity contribution in [1.29, 1.82) is 0 Å². The number of aliphatic carboxylic acids is 2. The number of aliphatic imine (C=N–C) groups is 1. The van der Waals surface area contributed by atoms with Gasteiger partial charge in [0.05, 0.1) is 18.6 Å². The number of hydrogen-bond acceptors (Lipinski definition) is 8. The van der Waals surface area contributed by atoms with E-state index in [0.29, 0.717) is 0 Å². The van der Waals surface area contributed by atoms with Crippen LogP contribution in [-0.2, 0) is 24.0 Å². The van der Waals surface area contributed by atoms with Crippen LogP contribution < -0.4 is 33.2 Å². The third-order valence-electron chi connectivity index (χ3n) is 3.79. The van der Waals surface area contributed by atoms with Gasteiger partial charge in [-0.15, -0.1) is 0 Å². The third kappa shape index (κ3) is 12.0. The molecular formula is C16H29N7O8. The Morgan fingerprint density at radius 3 is 2.06 bits per heavy atom. The lowest BCUT2D eigenvalue weighted by Gasteiger charge is -2.25. The van der Waals surface area contributed by atoms with E-state index in [-0.39, 0.29) is 25.3 Å². The summed E-state index contributed by atoms with van der Waals surface area (Å²) >= 11 is 0. The number of nitrogens with two attached hydrogens (primary N) is 3. The predicted molar refractivity (Wildman–Crippen MR) is 106 cm³/mol. The van der Waals surface area contributed by atoms with Crippen LogP contribution in [0, 0.1) is 0 Å². The number of carboxylic acid groups (broad SMARTS) is 2. The second-order valence-corrected chi connectivity index (χ2v) is 6.55. The highest BCUT2D eigenvalue weighted by Gasteiger charge is 2.30. The summed E-state index contributed by atoms with van der Waals surface area (Å²) in [5.74, 6) is -5.61. The molecular weight excluding hydrogens is 418 g/mol. The van der Waals surface area contributed by atoms with Crippen molar-refractivity contribution >= 4 is 35.6 Å². The van der Waals surface area contributed by atoms with Crippen molar-refractivity contribution in [3.63, 3.8) is 0 Å². The molecule has 0 aromatic rings. The quantitative estimate of drug-likeness (QED) is 0.0693. The fourth-order valence-corrected chi connectivity index (χ4v) is 2.26. The largest absolute Gasteiger partial charge is 0.481 e. The van der Waals surface area contributed by atoms with Gasteiger partial charge in [-0.2, -0.15) is 0 Å². The highest BCUT2D eigenvalue weighted by Crippen LogP contribution is 2.03. The number of carboxylic acids is 2. The maximum Gasteiger partial charge on any atom is 0.322 e. The molecule has 0 aromatic heterocycles. The van der Waals surface area contributed by atoms with E-state index in [4.69, 9.17) is 27.4 Å². The van der Waals surface area contributed by atoms with Gasteiger partial charge in [-0.05, 0) is 19.8 Å². The summed E-state index contributed by atoms with van der Waals surface area (Å²) in [5, 5.41) is 33.7. The van der Waals surface area contributed by atoms with Gasteiger partial charge in [0.15, 0.2) is 5.96 Å². The van der Waals surface area contributed by atoms with Crippen LogP contribution in [0.3, 0.4) is 0 Å². The first-order valence-corrected chi connectivity index (χ1v) is 9.16. The SMILES string of the molecule is CC(O)C(NC(=O)C(CCCN=C(N)N)NC(=O)C(N)CC(=O)O)C(=O)NCC(=O)O. The minimum absolute atomic E-state index is 0.0164. The van der Waals surface area contributed by atoms with Gasteiger partial charge < -0.3 is 48.5 Å². The van der Waals surface area contributed by atoms with Crippen LogP contribution in [0.15, 0.2) is 4.99 Å². The smallest absolute Gasteiger partial charge is 0.322 e. The average Bonchev–Trinajstić information content (AvgIpc) is 2.64. The molecule has 0 aliphatic heterocycles. The van der Waals surface area contributed by atoms with Gasteiger partial charge in [0.2, 0.25) is 17.7 Å². The van der Waals surface area contributed by atoms with Crippen molar-refractivity contribution in [3.05, 3.63) is 0 Å². The Bertz CT molecular complexity index is 693. The molecule has 4 atom stereocenters. The van der Waals surface area contributed by atoms with Gasteiger partial charge in [-0.25, -0.2) is 0 Å². The number of nitrogens with zero attached hydrogens (tertiary/aromatic N) is 1. The van der Waals surface area contributed by atoms with Crippen molar-refractivity contribution in [1.82, 2.24) is 16.0 Å². The molecule has 0 saturated heterocycles. The normalized spacial score (nSPS) is 14.3. The standard InChI is InChI=1S/C16H29N7O8/c1-7(24)12(15(31)21-6-11(27)28)23-14(30)9(3-2-4-20-16(18)19)22-13(29)8(17)5-10(25)26/h7-9,12,24H,2-6,17H2,1H3,(H,21,31)(H,22,29)(H,23,30)(H,25,26)(H,27,28)(H4,18,19,20). The molecule has 0 radical (unpaired) electrons. The summed E-state index contributed by atoms with van der Waals surface area (Å²) in [4.78, 5) is 61.9. The lowest BCUT2D eigenvalue weighted by atomic mass is 10.1. The maximum absolute atomic E-state index is 12.6. The minimum Gasteiger partial charge on any atom is -0.481 e. The van der Waals surface area contributed by atoms with E-state index in [2.05, 4.69) is 15.6 Å². The van der Waals surface area contributed by atoms with Crippen LogP contribution in [0.25, 0.3) is 0 Å². The van der Waals surface area contributed by atoms with Crippen LogP contribution in [-0.4, -0.2) is 88.3 Å². The van der Waals surface area contributed by atoms with Crippen LogP contribution in [0.1, 0.15) is 26.2 Å². The molecule has 176 valence electrons. The lowest BCUT2D eigenvalue weighted by molar-refractivity contribution is -0.140. The molecule has 15 nitrogen and oxygen atoms in total. The minimum atomic E-state index is -1.52. The zero-order chi connectivity index (χ0) is 24.1. The summed E-state index contributed by atoms with van der Waals surface area (Å²) in [6.45, 7) is 0.573. The molecule has 12 N–H and O–H groups in total. The summed E-state index contributed by atoms with van der Waals surface area (Å²) < 4.78 is 0. The Morgan fingerprint density at radius 2 is 1.58 bits per heavy atom. The van der Waals surface area contributed by atoms with Gasteiger partial charge in [0, 0.05) is 6.54 Å². The maximum atomic E-state index is 12.6. The van der Waals surface area contributed by atoms with Crippen LogP contribution in [0.4, 0.5) is 0 Å². The highest BCUT2D eigenvalue weighted by atomic mass is 16.4. The zero-order valence-corrected chi connectivity index (χ0v) is 16.9. The van der Waals surface area contributed by atoms with Crippen LogP contribution >= 0.6 is 0 Å². The van der Waals surface area contributed by atoms with E-state index in [9.17, 15) is 29.1 Å². The van der Waals surface area contributed by atoms with Gasteiger partial charge >= 0.3 is 11.9 Å². The molecule has 31 heavy (non-hydrogen) atoms. The monoisotopic (exact) mass is 447 g/mol. The number of aliphatic hydroxyl groups excluding tert-OH is 1. The number of carbonyl (C=O) groups is 5. The fourth-order valence-electron chi connectivity index (χ4n) is 2.26. The second kappa shape index (κ2) is 13.7. The highest BCUT2D eigenvalue weighted by molar-refractivity contribution is 5.94. The number of amides is 3. The molecule has 15 heteroatoms. The predicted octanol–water partition coefficient (Wildman–Crippen LogP) is -4.61. The van der Waals surface area contributed by atoms with E-state index >= 15 is 0 Å². The molecule has 0 bridgehead atoms. The van der Waals surface area contributed by atoms with Crippen molar-refractivity contribution in [2.45, 2.75) is 50.4 Å². The molecule has 0 fully saturated rings. The van der Waals surface area contributed by atoms with E-state index in [1.54, 1.807) is 0 Å². The van der Waals surface area contributed by atoms with Crippen molar-refractivity contribution < 1.29 is 39.3 Å². The molecule has 0 heterocycles. The molecule has 3 amide bonds. The van der Waals surface area contributed by atoms with Crippen molar-refractivity contribution in [2.24, 2.45) is 22.2 Å². The topological polar surface area (TPSA) is 273 Å². The molecule has 0 spiro atoms. The number of hydrogen-bond donors (Lipinski definition) is 9. The number of carbonyl (C=O) groups excluding carboxylic acids is 3. The Morgan fingerprint density at radius 1 is 0.968 bits per heavy atom. The number of guanidine groups is 1. The number of aliphatic hydroxyl groups is 1. The van der Waals surface area contributed by atoms with Gasteiger partial charge in [0.1, 0.15) is 18.6 Å². The van der Waals surface area contributed by atoms with Crippen LogP contribution in [0.5, 0.6) is 0 Å². The Balaban J connectivity index is 5.31. The molecule has 0 aromatic carbocycles. The lowest BCUT2D eigenvalue weighted by Crippen LogP contribution is -2.58. The van der Waals surface area contributed by atoms with Crippen molar-refractivity contribution in [3.8, 4) is 0 Å². The molecule has 4 unspecified atom stereocenters. The van der Waals surface area contributed by atoms with Gasteiger partial charge in [-0.1, -0.05) is 0 Å². The third-order valence-corrected chi connectivity index (χ3v) is 3.79. The molecule has 0 saturated carbocycles. The first kappa shape index (κ1) is 27.5. The van der Waals surface area contributed by atoms with E-state index in [1.807, 2.05) is 5.32 Å². The van der Waals surface area contributed by atoms with E-state index in [0.717, 1.165) is 0 Å². The second-order valence-electron chi connectivity index (χ2n) is 6.55. The average molecular weight is 447 g/mol.